The van der Waals surface area contributed by atoms with Crippen LogP contribution in [0.15, 0.2) is 71.6 Å². The fraction of sp³-hybridized carbons (Fsp3) is 0.333. The molecule has 0 bridgehead atoms. The number of rotatable bonds is 12. The van der Waals surface area contributed by atoms with Crippen molar-refractivity contribution in [1.29, 1.82) is 0 Å². The Hall–Kier alpha value is -3.27. The Balaban J connectivity index is 2.10. The minimum atomic E-state index is -4.23. The van der Waals surface area contributed by atoms with Gasteiger partial charge in [0.2, 0.25) is 11.8 Å². The Morgan fingerprint density at radius 2 is 1.63 bits per heavy atom. The van der Waals surface area contributed by atoms with Crippen LogP contribution in [0.5, 0.6) is 5.75 Å². The first-order chi connectivity index (χ1) is 19.3. The van der Waals surface area contributed by atoms with Crippen LogP contribution in [0.1, 0.15) is 38.8 Å². The highest BCUT2D eigenvalue weighted by Gasteiger charge is 2.34. The summed E-state index contributed by atoms with van der Waals surface area (Å²) < 4.78 is 34.8. The van der Waals surface area contributed by atoms with Gasteiger partial charge in [0.05, 0.1) is 17.2 Å². The molecule has 0 saturated heterocycles. The first-order valence-corrected chi connectivity index (χ1v) is 15.4. The molecule has 3 rings (SSSR count). The SMILES string of the molecule is CCOc1ccccc1N(CC(=O)N(Cc1ccc(Cl)cc1Cl)[C@H](C)C(=O)NC(C)C)S(=O)(=O)c1ccc(C)cc1. The molecule has 2 amide bonds. The first-order valence-electron chi connectivity index (χ1n) is 13.2. The predicted octanol–water partition coefficient (Wildman–Crippen LogP) is 5.84. The van der Waals surface area contributed by atoms with Crippen LogP contribution in [0.3, 0.4) is 0 Å². The Morgan fingerprint density at radius 3 is 2.24 bits per heavy atom. The highest BCUT2D eigenvalue weighted by Crippen LogP contribution is 2.33. The Bertz CT molecular complexity index is 1480. The van der Waals surface area contributed by atoms with E-state index in [1.54, 1.807) is 68.4 Å². The van der Waals surface area contributed by atoms with E-state index >= 15 is 0 Å². The van der Waals surface area contributed by atoms with Crippen molar-refractivity contribution in [3.05, 3.63) is 87.9 Å². The van der Waals surface area contributed by atoms with Crippen LogP contribution in [-0.2, 0) is 26.2 Å². The van der Waals surface area contributed by atoms with E-state index in [2.05, 4.69) is 5.32 Å². The number of aryl methyl sites for hydroxylation is 1. The Morgan fingerprint density at radius 1 is 0.976 bits per heavy atom. The molecule has 0 spiro atoms. The Kier molecular flexibility index (Phi) is 11.1. The van der Waals surface area contributed by atoms with Crippen molar-refractivity contribution in [2.75, 3.05) is 17.5 Å². The lowest BCUT2D eigenvalue weighted by atomic mass is 10.1. The molecule has 0 aliphatic heterocycles. The minimum absolute atomic E-state index is 0.0140. The standard InChI is InChI=1S/C30H35Cl2N3O5S/c1-6-40-28-10-8-7-9-27(28)35(41(38,39)25-15-11-21(4)12-16-25)19-29(36)34(22(5)30(37)33-20(2)3)18-23-13-14-24(31)17-26(23)32/h7-17,20,22H,6,18-19H2,1-5H3,(H,33,37)/t22-/m1/s1. The second-order valence-electron chi connectivity index (χ2n) is 9.82. The number of hydrogen-bond acceptors (Lipinski definition) is 5. The third-order valence-corrected chi connectivity index (χ3v) is 8.64. The summed E-state index contributed by atoms with van der Waals surface area (Å²) in [6.07, 6.45) is 0. The molecule has 220 valence electrons. The summed E-state index contributed by atoms with van der Waals surface area (Å²) in [6.45, 7) is 8.50. The molecule has 0 heterocycles. The van der Waals surface area contributed by atoms with Gasteiger partial charge in [0.1, 0.15) is 18.3 Å². The molecular weight excluding hydrogens is 585 g/mol. The number of nitrogens with zero attached hydrogens (tertiary/aromatic N) is 2. The van der Waals surface area contributed by atoms with Crippen molar-refractivity contribution < 1.29 is 22.7 Å². The summed E-state index contributed by atoms with van der Waals surface area (Å²) in [6, 6.07) is 16.7. The smallest absolute Gasteiger partial charge is 0.264 e. The van der Waals surface area contributed by atoms with Crippen LogP contribution in [0, 0.1) is 6.92 Å². The topological polar surface area (TPSA) is 96.0 Å². The Labute approximate surface area is 252 Å². The largest absolute Gasteiger partial charge is 0.492 e. The van der Waals surface area contributed by atoms with Gasteiger partial charge in [-0.2, -0.15) is 0 Å². The number of ether oxygens (including phenoxy) is 1. The quantitative estimate of drug-likeness (QED) is 0.275. The number of carbonyl (C=O) groups is 2. The molecule has 3 aromatic rings. The van der Waals surface area contributed by atoms with Gasteiger partial charge in [-0.15, -0.1) is 0 Å². The van der Waals surface area contributed by atoms with Gasteiger partial charge in [-0.25, -0.2) is 8.42 Å². The first kappa shape index (κ1) is 32.2. The van der Waals surface area contributed by atoms with Gasteiger partial charge < -0.3 is 15.0 Å². The molecule has 1 N–H and O–H groups in total. The van der Waals surface area contributed by atoms with Gasteiger partial charge in [0, 0.05) is 22.6 Å². The molecule has 0 saturated carbocycles. The van der Waals surface area contributed by atoms with Crippen molar-refractivity contribution in [3.63, 3.8) is 0 Å². The summed E-state index contributed by atoms with van der Waals surface area (Å²) in [5.74, 6) is -0.693. The highest BCUT2D eigenvalue weighted by molar-refractivity contribution is 7.92. The summed E-state index contributed by atoms with van der Waals surface area (Å²) in [5.41, 5.74) is 1.64. The van der Waals surface area contributed by atoms with Crippen LogP contribution in [0.25, 0.3) is 0 Å². The summed E-state index contributed by atoms with van der Waals surface area (Å²) >= 11 is 12.5. The summed E-state index contributed by atoms with van der Waals surface area (Å²) in [4.78, 5) is 28.5. The minimum Gasteiger partial charge on any atom is -0.492 e. The number of benzene rings is 3. The molecule has 11 heteroatoms. The zero-order chi connectivity index (χ0) is 30.3. The second kappa shape index (κ2) is 14.1. The van der Waals surface area contributed by atoms with Crippen LogP contribution >= 0.6 is 23.2 Å². The molecule has 0 aromatic heterocycles. The van der Waals surface area contributed by atoms with Crippen molar-refractivity contribution in [3.8, 4) is 5.75 Å². The lowest BCUT2D eigenvalue weighted by Gasteiger charge is -2.33. The van der Waals surface area contributed by atoms with Gasteiger partial charge in [-0.05, 0) is 76.6 Å². The normalized spacial score (nSPS) is 12.1. The molecule has 41 heavy (non-hydrogen) atoms. The molecule has 3 aromatic carbocycles. The maximum atomic E-state index is 14.1. The zero-order valence-corrected chi connectivity index (χ0v) is 26.1. The summed E-state index contributed by atoms with van der Waals surface area (Å²) in [7, 11) is -4.23. The van der Waals surface area contributed by atoms with Gasteiger partial charge in [-0.3, -0.25) is 13.9 Å². The van der Waals surface area contributed by atoms with E-state index in [9.17, 15) is 18.0 Å². The third-order valence-electron chi connectivity index (χ3n) is 6.28. The van der Waals surface area contributed by atoms with Crippen molar-refractivity contribution >= 4 is 50.7 Å². The van der Waals surface area contributed by atoms with Crippen molar-refractivity contribution in [2.45, 2.75) is 58.1 Å². The van der Waals surface area contributed by atoms with Crippen molar-refractivity contribution in [2.24, 2.45) is 0 Å². The van der Waals surface area contributed by atoms with E-state index in [0.29, 0.717) is 21.4 Å². The van der Waals surface area contributed by atoms with Gasteiger partial charge in [0.25, 0.3) is 10.0 Å². The van der Waals surface area contributed by atoms with Gasteiger partial charge in [-0.1, -0.05) is 59.1 Å². The van der Waals surface area contributed by atoms with Crippen molar-refractivity contribution in [1.82, 2.24) is 10.2 Å². The number of para-hydroxylation sites is 2. The average molecular weight is 621 g/mol. The third kappa shape index (κ3) is 8.15. The predicted molar refractivity (Wildman–Crippen MR) is 163 cm³/mol. The average Bonchev–Trinajstić information content (AvgIpc) is 2.91. The monoisotopic (exact) mass is 619 g/mol. The van der Waals surface area contributed by atoms with Crippen LogP contribution in [0.4, 0.5) is 5.69 Å². The fourth-order valence-corrected chi connectivity index (χ4v) is 6.01. The molecule has 1 atom stereocenters. The molecule has 0 aliphatic carbocycles. The molecule has 8 nitrogen and oxygen atoms in total. The van der Waals surface area contributed by atoms with Gasteiger partial charge >= 0.3 is 0 Å². The number of carbonyl (C=O) groups excluding carboxylic acids is 2. The molecule has 0 fully saturated rings. The number of hydrogen-bond donors (Lipinski definition) is 1. The summed E-state index contributed by atoms with van der Waals surface area (Å²) in [5, 5.41) is 3.56. The number of nitrogens with one attached hydrogen (secondary N) is 1. The van der Waals surface area contributed by atoms with E-state index < -0.39 is 28.5 Å². The van der Waals surface area contributed by atoms with Crippen LogP contribution in [0.2, 0.25) is 10.0 Å². The number of amides is 2. The molecular formula is C30H35Cl2N3O5S. The maximum absolute atomic E-state index is 14.1. The molecule has 0 unspecified atom stereocenters. The van der Waals surface area contributed by atoms with E-state index in [4.69, 9.17) is 27.9 Å². The van der Waals surface area contributed by atoms with E-state index in [-0.39, 0.29) is 35.7 Å². The number of anilines is 1. The number of sulfonamides is 1. The maximum Gasteiger partial charge on any atom is 0.264 e. The fourth-order valence-electron chi connectivity index (χ4n) is 4.11. The van der Waals surface area contributed by atoms with E-state index in [0.717, 1.165) is 9.87 Å². The van der Waals surface area contributed by atoms with E-state index in [1.165, 1.54) is 17.0 Å². The van der Waals surface area contributed by atoms with Crippen LogP contribution < -0.4 is 14.4 Å². The van der Waals surface area contributed by atoms with Gasteiger partial charge in [0.15, 0.2) is 0 Å². The second-order valence-corrected chi connectivity index (χ2v) is 12.5. The van der Waals surface area contributed by atoms with Crippen LogP contribution in [-0.4, -0.2) is 50.4 Å². The molecule has 0 radical (unpaired) electrons. The highest BCUT2D eigenvalue weighted by atomic mass is 35.5. The number of halogens is 2. The lowest BCUT2D eigenvalue weighted by molar-refractivity contribution is -0.139. The van der Waals surface area contributed by atoms with E-state index in [1.807, 2.05) is 20.8 Å². The lowest BCUT2D eigenvalue weighted by Crippen LogP contribution is -2.52. The zero-order valence-electron chi connectivity index (χ0n) is 23.7. The molecule has 0 aliphatic rings.